The van der Waals surface area contributed by atoms with E-state index < -0.39 is 0 Å². The van der Waals surface area contributed by atoms with Gasteiger partial charge in [0, 0.05) is 13.1 Å². The quantitative estimate of drug-likeness (QED) is 0.749. The molecule has 0 spiro atoms. The van der Waals surface area contributed by atoms with E-state index >= 15 is 0 Å². The molecule has 0 aromatic heterocycles. The second-order valence-corrected chi connectivity index (χ2v) is 5.24. The summed E-state index contributed by atoms with van der Waals surface area (Å²) in [5.41, 5.74) is 5.85. The van der Waals surface area contributed by atoms with Crippen LogP contribution in [0.15, 0.2) is 0 Å². The number of nitrogens with zero attached hydrogens (tertiary/aromatic N) is 1. The van der Waals surface area contributed by atoms with E-state index in [4.69, 9.17) is 5.73 Å². The highest BCUT2D eigenvalue weighted by atomic mass is 16.1. The maximum Gasteiger partial charge on any atom is 0.233 e. The molecule has 1 amide bonds. The van der Waals surface area contributed by atoms with Crippen LogP contribution in [-0.2, 0) is 4.79 Å². The lowest BCUT2D eigenvalue weighted by Crippen LogP contribution is -2.48. The van der Waals surface area contributed by atoms with Gasteiger partial charge in [0.1, 0.15) is 0 Å². The summed E-state index contributed by atoms with van der Waals surface area (Å²) in [5.74, 6) is 1.43. The van der Waals surface area contributed by atoms with Crippen molar-refractivity contribution >= 4 is 5.91 Å². The van der Waals surface area contributed by atoms with Crippen molar-refractivity contribution in [3.63, 3.8) is 0 Å². The number of hydrogen-bond donors (Lipinski definition) is 2. The maximum absolute atomic E-state index is 11.4. The molecule has 3 unspecified atom stereocenters. The number of likely N-dealkylation sites (N-methyl/N-ethyl adjacent to an activating group) is 2. The molecular weight excluding hydrogens is 214 g/mol. The van der Waals surface area contributed by atoms with Crippen LogP contribution in [-0.4, -0.2) is 44.0 Å². The number of amides is 1. The van der Waals surface area contributed by atoms with Gasteiger partial charge in [-0.25, -0.2) is 0 Å². The highest BCUT2D eigenvalue weighted by Crippen LogP contribution is 2.32. The minimum Gasteiger partial charge on any atom is -0.358 e. The predicted octanol–water partition coefficient (Wildman–Crippen LogP) is 0.818. The maximum atomic E-state index is 11.4. The van der Waals surface area contributed by atoms with Crippen LogP contribution in [0, 0.1) is 11.8 Å². The third-order valence-electron chi connectivity index (χ3n) is 4.18. The first-order valence-electron chi connectivity index (χ1n) is 6.73. The summed E-state index contributed by atoms with van der Waals surface area (Å²) in [6, 6.07) is 0.469. The van der Waals surface area contributed by atoms with Crippen LogP contribution in [0.2, 0.25) is 0 Å². The third kappa shape index (κ3) is 3.96. The van der Waals surface area contributed by atoms with Crippen molar-refractivity contribution < 1.29 is 4.79 Å². The number of nitrogens with one attached hydrogen (secondary N) is 1. The number of carbonyl (C=O) groups excluding carboxylic acids is 1. The second-order valence-electron chi connectivity index (χ2n) is 5.24. The summed E-state index contributed by atoms with van der Waals surface area (Å²) in [6.45, 7) is 3.47. The smallest absolute Gasteiger partial charge is 0.233 e. The highest BCUT2D eigenvalue weighted by molar-refractivity contribution is 5.77. The molecule has 1 saturated carbocycles. The molecule has 3 N–H and O–H groups in total. The van der Waals surface area contributed by atoms with Crippen molar-refractivity contribution in [3.05, 3.63) is 0 Å². The molecule has 0 radical (unpaired) electrons. The minimum atomic E-state index is 0.0851. The van der Waals surface area contributed by atoms with Gasteiger partial charge in [-0.15, -0.1) is 0 Å². The van der Waals surface area contributed by atoms with Gasteiger partial charge in [0.15, 0.2) is 0 Å². The molecular formula is C13H27N3O. The largest absolute Gasteiger partial charge is 0.358 e. The van der Waals surface area contributed by atoms with E-state index in [9.17, 15) is 4.79 Å². The highest BCUT2D eigenvalue weighted by Gasteiger charge is 2.31. The van der Waals surface area contributed by atoms with Crippen molar-refractivity contribution in [2.24, 2.45) is 17.6 Å². The normalized spacial score (nSPS) is 29.4. The second kappa shape index (κ2) is 6.97. The molecule has 1 aliphatic rings. The average molecular weight is 241 g/mol. The van der Waals surface area contributed by atoms with Gasteiger partial charge in [-0.2, -0.15) is 0 Å². The van der Waals surface area contributed by atoms with Crippen LogP contribution >= 0.6 is 0 Å². The summed E-state index contributed by atoms with van der Waals surface area (Å²) < 4.78 is 0. The van der Waals surface area contributed by atoms with Crippen molar-refractivity contribution in [3.8, 4) is 0 Å². The standard InChI is InChI=1S/C13H27N3O/c1-4-10-5-6-11(8-14)12(7-10)16(3)9-13(17)15-2/h10-12H,4-9,14H2,1-3H3,(H,15,17). The Labute approximate surface area is 105 Å². The fourth-order valence-electron chi connectivity index (χ4n) is 2.90. The summed E-state index contributed by atoms with van der Waals surface area (Å²) in [7, 11) is 3.73. The van der Waals surface area contributed by atoms with Crippen LogP contribution < -0.4 is 11.1 Å². The molecule has 1 rings (SSSR count). The zero-order valence-electron chi connectivity index (χ0n) is 11.4. The number of hydrogen-bond acceptors (Lipinski definition) is 3. The molecule has 17 heavy (non-hydrogen) atoms. The van der Waals surface area contributed by atoms with Crippen molar-refractivity contribution in [2.75, 3.05) is 27.2 Å². The van der Waals surface area contributed by atoms with Gasteiger partial charge in [0.05, 0.1) is 6.54 Å². The lowest BCUT2D eigenvalue weighted by Gasteiger charge is -2.40. The Kier molecular flexibility index (Phi) is 5.92. The lowest BCUT2D eigenvalue weighted by molar-refractivity contribution is -0.122. The zero-order chi connectivity index (χ0) is 12.8. The molecule has 0 aromatic rings. The van der Waals surface area contributed by atoms with Crippen LogP contribution in [0.25, 0.3) is 0 Å². The van der Waals surface area contributed by atoms with E-state index in [-0.39, 0.29) is 5.91 Å². The Morgan fingerprint density at radius 1 is 1.47 bits per heavy atom. The first-order valence-corrected chi connectivity index (χ1v) is 6.73. The van der Waals surface area contributed by atoms with Crippen LogP contribution in [0.3, 0.4) is 0 Å². The van der Waals surface area contributed by atoms with Gasteiger partial charge >= 0.3 is 0 Å². The average Bonchev–Trinajstić information content (AvgIpc) is 2.37. The number of nitrogens with two attached hydrogens (primary N) is 1. The molecule has 0 bridgehead atoms. The van der Waals surface area contributed by atoms with E-state index in [0.29, 0.717) is 18.5 Å². The Bertz CT molecular complexity index is 245. The fourth-order valence-corrected chi connectivity index (χ4v) is 2.90. The molecule has 0 saturated heterocycles. The fraction of sp³-hybridized carbons (Fsp3) is 0.923. The monoisotopic (exact) mass is 241 g/mol. The summed E-state index contributed by atoms with van der Waals surface area (Å²) in [6.07, 6.45) is 4.92. The Hall–Kier alpha value is -0.610. The molecule has 0 aromatic carbocycles. The molecule has 0 aliphatic heterocycles. The zero-order valence-corrected chi connectivity index (χ0v) is 11.4. The van der Waals surface area contributed by atoms with E-state index in [1.165, 1.54) is 25.7 Å². The summed E-state index contributed by atoms with van der Waals surface area (Å²) in [4.78, 5) is 13.6. The van der Waals surface area contributed by atoms with Gasteiger partial charge in [0.25, 0.3) is 0 Å². The van der Waals surface area contributed by atoms with Crippen LogP contribution in [0.4, 0.5) is 0 Å². The molecule has 0 heterocycles. The molecule has 100 valence electrons. The summed E-state index contributed by atoms with van der Waals surface area (Å²) in [5, 5.41) is 2.68. The Morgan fingerprint density at radius 2 is 2.18 bits per heavy atom. The van der Waals surface area contributed by atoms with Gasteiger partial charge in [0.2, 0.25) is 5.91 Å². The third-order valence-corrected chi connectivity index (χ3v) is 4.18. The van der Waals surface area contributed by atoms with Gasteiger partial charge < -0.3 is 11.1 Å². The van der Waals surface area contributed by atoms with Crippen molar-refractivity contribution in [2.45, 2.75) is 38.6 Å². The predicted molar refractivity (Wildman–Crippen MR) is 70.7 cm³/mol. The van der Waals surface area contributed by atoms with Crippen LogP contribution in [0.1, 0.15) is 32.6 Å². The van der Waals surface area contributed by atoms with Crippen molar-refractivity contribution in [1.29, 1.82) is 0 Å². The van der Waals surface area contributed by atoms with Crippen LogP contribution in [0.5, 0.6) is 0 Å². The van der Waals surface area contributed by atoms with E-state index in [0.717, 1.165) is 12.5 Å². The SMILES string of the molecule is CCC1CCC(CN)C(N(C)CC(=O)NC)C1. The lowest BCUT2D eigenvalue weighted by atomic mass is 9.76. The number of rotatable bonds is 5. The van der Waals surface area contributed by atoms with Gasteiger partial charge in [-0.05, 0) is 38.3 Å². The number of carbonyl (C=O) groups is 1. The molecule has 1 fully saturated rings. The van der Waals surface area contributed by atoms with Gasteiger partial charge in [-0.3, -0.25) is 9.69 Å². The Morgan fingerprint density at radius 3 is 2.71 bits per heavy atom. The first-order chi connectivity index (χ1) is 8.12. The minimum absolute atomic E-state index is 0.0851. The molecule has 1 aliphatic carbocycles. The molecule has 4 nitrogen and oxygen atoms in total. The van der Waals surface area contributed by atoms with E-state index in [1.54, 1.807) is 7.05 Å². The summed E-state index contributed by atoms with van der Waals surface area (Å²) >= 11 is 0. The molecule has 4 heteroatoms. The topological polar surface area (TPSA) is 58.4 Å². The van der Waals surface area contributed by atoms with Crippen molar-refractivity contribution in [1.82, 2.24) is 10.2 Å². The Balaban J connectivity index is 2.58. The van der Waals surface area contributed by atoms with Gasteiger partial charge in [-0.1, -0.05) is 19.8 Å². The molecule has 3 atom stereocenters. The van der Waals surface area contributed by atoms with E-state index in [2.05, 4.69) is 17.1 Å². The van der Waals surface area contributed by atoms with E-state index in [1.807, 2.05) is 7.05 Å². The first kappa shape index (κ1) is 14.5.